The highest BCUT2D eigenvalue weighted by atomic mass is 35.5. The summed E-state index contributed by atoms with van der Waals surface area (Å²) in [4.78, 5) is 2.63. The molecule has 3 rings (SSSR count). The smallest absolute Gasteiger partial charge is 0.124 e. The number of unbranched alkanes of at least 4 members (excludes halogenated alkanes) is 2. The highest BCUT2D eigenvalue weighted by Gasteiger charge is 2.10. The molecular weight excluding hydrogens is 428 g/mol. The molecule has 3 nitrogen and oxygen atoms in total. The van der Waals surface area contributed by atoms with E-state index in [-0.39, 0.29) is 0 Å². The van der Waals surface area contributed by atoms with Crippen LogP contribution in [0.4, 0.5) is 0 Å². The fourth-order valence-corrected chi connectivity index (χ4v) is 4.24. The number of fused-ring (bicyclic) bond motifs is 1. The van der Waals surface area contributed by atoms with Gasteiger partial charge in [-0.2, -0.15) is 0 Å². The van der Waals surface area contributed by atoms with Gasteiger partial charge in [0.2, 0.25) is 0 Å². The Morgan fingerprint density at radius 2 is 1.52 bits per heavy atom. The van der Waals surface area contributed by atoms with E-state index in [1.54, 1.807) is 0 Å². The van der Waals surface area contributed by atoms with Crippen LogP contribution < -0.4 is 10.1 Å². The van der Waals surface area contributed by atoms with Crippen LogP contribution in [-0.4, -0.2) is 31.1 Å². The zero-order valence-corrected chi connectivity index (χ0v) is 21.0. The number of nitrogens with one attached hydrogen (secondary N) is 1. The molecule has 0 saturated carbocycles. The van der Waals surface area contributed by atoms with Gasteiger partial charge in [-0.15, -0.1) is 0 Å². The lowest BCUT2D eigenvalue weighted by Gasteiger charge is -2.22. The number of hydrogen-bond acceptors (Lipinski definition) is 3. The largest absolute Gasteiger partial charge is 0.489 e. The first-order chi connectivity index (χ1) is 16.2. The zero-order chi connectivity index (χ0) is 23.3. The van der Waals surface area contributed by atoms with Gasteiger partial charge in [-0.25, -0.2) is 0 Å². The predicted octanol–water partition coefficient (Wildman–Crippen LogP) is 7.45. The molecule has 0 atom stereocenters. The maximum absolute atomic E-state index is 6.26. The van der Waals surface area contributed by atoms with Crippen molar-refractivity contribution in [2.24, 2.45) is 0 Å². The first-order valence-electron chi connectivity index (χ1n) is 12.5. The Hall–Kier alpha value is -2.07. The molecule has 0 heterocycles. The number of halogens is 1. The van der Waals surface area contributed by atoms with E-state index in [0.29, 0.717) is 6.61 Å². The van der Waals surface area contributed by atoms with Crippen molar-refractivity contribution in [3.05, 3.63) is 76.8 Å². The van der Waals surface area contributed by atoms with Crippen molar-refractivity contribution >= 4 is 22.4 Å². The number of ether oxygens (including phenoxy) is 1. The van der Waals surface area contributed by atoms with Gasteiger partial charge >= 0.3 is 0 Å². The molecule has 0 amide bonds. The lowest BCUT2D eigenvalue weighted by atomic mass is 10.0. The third-order valence-electron chi connectivity index (χ3n) is 6.09. The van der Waals surface area contributed by atoms with Crippen molar-refractivity contribution in [2.75, 3.05) is 26.2 Å². The Morgan fingerprint density at radius 3 is 2.24 bits per heavy atom. The van der Waals surface area contributed by atoms with Crippen LogP contribution in [0.3, 0.4) is 0 Å². The van der Waals surface area contributed by atoms with E-state index in [0.717, 1.165) is 29.4 Å². The number of nitrogens with zero attached hydrogens (tertiary/aromatic N) is 1. The minimum Gasteiger partial charge on any atom is -0.489 e. The van der Waals surface area contributed by atoms with Crippen LogP contribution in [0.1, 0.15) is 57.1 Å². The van der Waals surface area contributed by atoms with Gasteiger partial charge in [0.05, 0.1) is 0 Å². The molecule has 0 aliphatic heterocycles. The summed E-state index contributed by atoms with van der Waals surface area (Å²) in [6.07, 6.45) is 6.28. The molecule has 3 aromatic carbocycles. The summed E-state index contributed by atoms with van der Waals surface area (Å²) in [6.45, 7) is 10.5. The molecule has 178 valence electrons. The van der Waals surface area contributed by atoms with Gasteiger partial charge in [0.1, 0.15) is 12.4 Å². The summed E-state index contributed by atoms with van der Waals surface area (Å²) >= 11 is 6.02. The van der Waals surface area contributed by atoms with Crippen molar-refractivity contribution in [3.63, 3.8) is 0 Å². The highest BCUT2D eigenvalue weighted by molar-refractivity contribution is 6.30. The molecule has 0 spiro atoms. The lowest BCUT2D eigenvalue weighted by molar-refractivity contribution is 0.260. The fraction of sp³-hybridized carbons (Fsp3) is 0.448. The molecule has 4 heteroatoms. The van der Waals surface area contributed by atoms with Crippen molar-refractivity contribution in [1.82, 2.24) is 10.2 Å². The van der Waals surface area contributed by atoms with Gasteiger partial charge < -0.3 is 15.0 Å². The third kappa shape index (κ3) is 8.33. The van der Waals surface area contributed by atoms with E-state index in [1.807, 2.05) is 24.3 Å². The molecule has 0 saturated heterocycles. The number of benzene rings is 3. The van der Waals surface area contributed by atoms with Gasteiger partial charge in [0, 0.05) is 17.1 Å². The third-order valence-corrected chi connectivity index (χ3v) is 6.34. The van der Waals surface area contributed by atoms with Crippen LogP contribution in [0.25, 0.3) is 10.8 Å². The molecule has 33 heavy (non-hydrogen) atoms. The number of rotatable bonds is 15. The first-order valence-corrected chi connectivity index (χ1v) is 12.9. The average molecular weight is 467 g/mol. The average Bonchev–Trinajstić information content (AvgIpc) is 2.85. The van der Waals surface area contributed by atoms with Crippen LogP contribution in [-0.2, 0) is 13.2 Å². The van der Waals surface area contributed by atoms with Crippen LogP contribution in [0, 0.1) is 0 Å². The van der Waals surface area contributed by atoms with Crippen LogP contribution in [0.5, 0.6) is 5.75 Å². The van der Waals surface area contributed by atoms with Gasteiger partial charge in [0.15, 0.2) is 0 Å². The Bertz CT molecular complexity index is 949. The molecule has 0 radical (unpaired) electrons. The summed E-state index contributed by atoms with van der Waals surface area (Å²) in [5.41, 5.74) is 2.35. The van der Waals surface area contributed by atoms with Gasteiger partial charge in [-0.3, -0.25) is 0 Å². The van der Waals surface area contributed by atoms with Crippen LogP contribution in [0.15, 0.2) is 60.7 Å². The molecule has 3 aromatic rings. The maximum atomic E-state index is 6.26. The van der Waals surface area contributed by atoms with Crippen LogP contribution >= 0.6 is 11.6 Å². The second-order valence-electron chi connectivity index (χ2n) is 8.76. The van der Waals surface area contributed by atoms with E-state index in [4.69, 9.17) is 16.3 Å². The molecule has 0 fully saturated rings. The summed E-state index contributed by atoms with van der Waals surface area (Å²) in [6, 6.07) is 20.7. The quantitative estimate of drug-likeness (QED) is 0.235. The van der Waals surface area contributed by atoms with E-state index >= 15 is 0 Å². The highest BCUT2D eigenvalue weighted by Crippen LogP contribution is 2.29. The van der Waals surface area contributed by atoms with Crippen molar-refractivity contribution in [1.29, 1.82) is 0 Å². The molecule has 0 aliphatic rings. The SMILES string of the molecule is CCCCN(CCCC)CCCNCc1c(OCc2ccc(Cl)cc2)ccc2ccccc12. The summed E-state index contributed by atoms with van der Waals surface area (Å²) in [7, 11) is 0. The molecule has 0 unspecified atom stereocenters. The predicted molar refractivity (Wildman–Crippen MR) is 142 cm³/mol. The molecule has 0 aromatic heterocycles. The van der Waals surface area contributed by atoms with Gasteiger partial charge in [0.25, 0.3) is 0 Å². The lowest BCUT2D eigenvalue weighted by Crippen LogP contribution is -2.29. The van der Waals surface area contributed by atoms with E-state index < -0.39 is 0 Å². The standard InChI is InChI=1S/C29H39ClN2O/c1-3-5-19-32(20-6-4-2)21-9-18-31-22-28-27-11-8-7-10-25(27)14-17-29(28)33-23-24-12-15-26(30)16-13-24/h7-8,10-17,31H,3-6,9,18-23H2,1-2H3. The first kappa shape index (κ1) is 25.6. The van der Waals surface area contributed by atoms with Crippen LogP contribution in [0.2, 0.25) is 5.02 Å². The summed E-state index contributed by atoms with van der Waals surface area (Å²) < 4.78 is 6.26. The van der Waals surface area contributed by atoms with Gasteiger partial charge in [-0.1, -0.05) is 80.8 Å². The maximum Gasteiger partial charge on any atom is 0.124 e. The van der Waals surface area contributed by atoms with Gasteiger partial charge in [-0.05, 0) is 80.0 Å². The molecule has 0 bridgehead atoms. The summed E-state index contributed by atoms with van der Waals surface area (Å²) in [5.74, 6) is 0.948. The molecular formula is C29H39ClN2O. The molecule has 1 N–H and O–H groups in total. The minimum absolute atomic E-state index is 0.534. The molecule has 0 aliphatic carbocycles. The fourth-order valence-electron chi connectivity index (χ4n) is 4.12. The van der Waals surface area contributed by atoms with E-state index in [2.05, 4.69) is 60.5 Å². The monoisotopic (exact) mass is 466 g/mol. The Kier molecular flexibility index (Phi) is 11.0. The Labute approximate surface area is 205 Å². The summed E-state index contributed by atoms with van der Waals surface area (Å²) in [5, 5.41) is 6.94. The number of hydrogen-bond donors (Lipinski definition) is 1. The second kappa shape index (κ2) is 14.2. The van der Waals surface area contributed by atoms with Crippen molar-refractivity contribution in [2.45, 2.75) is 59.1 Å². The zero-order valence-electron chi connectivity index (χ0n) is 20.3. The van der Waals surface area contributed by atoms with Crippen molar-refractivity contribution < 1.29 is 4.74 Å². The van der Waals surface area contributed by atoms with E-state index in [9.17, 15) is 0 Å². The Balaban J connectivity index is 1.59. The topological polar surface area (TPSA) is 24.5 Å². The normalized spacial score (nSPS) is 11.4. The van der Waals surface area contributed by atoms with E-state index in [1.165, 1.54) is 68.1 Å². The van der Waals surface area contributed by atoms with Crippen molar-refractivity contribution in [3.8, 4) is 5.75 Å². The second-order valence-corrected chi connectivity index (χ2v) is 9.19. The Morgan fingerprint density at radius 1 is 0.818 bits per heavy atom. The minimum atomic E-state index is 0.534.